The molecule has 2 aromatic heterocycles. The summed E-state index contributed by atoms with van der Waals surface area (Å²) in [6.45, 7) is 3.29. The number of furan rings is 1. The summed E-state index contributed by atoms with van der Waals surface area (Å²) in [5.41, 5.74) is 1.78. The summed E-state index contributed by atoms with van der Waals surface area (Å²) in [6.07, 6.45) is 3.75. The molecule has 0 atom stereocenters. The Morgan fingerprint density at radius 1 is 1.00 bits per heavy atom. The van der Waals surface area contributed by atoms with Gasteiger partial charge in [0.1, 0.15) is 23.0 Å². The monoisotopic (exact) mass is 438 g/mol. The molecule has 7 heteroatoms. The van der Waals surface area contributed by atoms with E-state index in [1.807, 2.05) is 29.2 Å². The molecule has 0 N–H and O–H groups in total. The third-order valence-corrected chi connectivity index (χ3v) is 5.19. The molecule has 32 heavy (non-hydrogen) atoms. The molecule has 0 aliphatic carbocycles. The van der Waals surface area contributed by atoms with Gasteiger partial charge >= 0.3 is 0 Å². The molecule has 2 heterocycles. The largest absolute Gasteiger partial charge is 0.496 e. The van der Waals surface area contributed by atoms with Crippen molar-refractivity contribution in [3.8, 4) is 17.2 Å². The number of aromatic nitrogens is 1. The van der Waals surface area contributed by atoms with E-state index in [2.05, 4.69) is 11.9 Å². The SMILES string of the molecule is CCCN(CCc1ccccn1)C(=O)c1ccc(Cc2c(OC)cc(OC)cc2OC)o1. The third-order valence-electron chi connectivity index (χ3n) is 5.19. The average molecular weight is 439 g/mol. The van der Waals surface area contributed by atoms with Gasteiger partial charge in [-0.3, -0.25) is 9.78 Å². The zero-order valence-electron chi connectivity index (χ0n) is 19.1. The maximum Gasteiger partial charge on any atom is 0.289 e. The Morgan fingerprint density at radius 3 is 2.34 bits per heavy atom. The molecule has 1 amide bonds. The number of pyridine rings is 1. The van der Waals surface area contributed by atoms with E-state index in [0.717, 1.165) is 17.7 Å². The van der Waals surface area contributed by atoms with Crippen LogP contribution in [0.1, 0.15) is 40.9 Å². The van der Waals surface area contributed by atoms with E-state index >= 15 is 0 Å². The summed E-state index contributed by atoms with van der Waals surface area (Å²) in [5, 5.41) is 0. The molecule has 170 valence electrons. The number of rotatable bonds is 11. The van der Waals surface area contributed by atoms with Crippen LogP contribution in [0, 0.1) is 0 Å². The van der Waals surface area contributed by atoms with E-state index in [1.54, 1.807) is 45.7 Å². The van der Waals surface area contributed by atoms with Crippen LogP contribution in [0.25, 0.3) is 0 Å². The molecule has 0 aliphatic rings. The fourth-order valence-corrected chi connectivity index (χ4v) is 3.55. The lowest BCUT2D eigenvalue weighted by Crippen LogP contribution is -2.33. The molecule has 7 nitrogen and oxygen atoms in total. The first-order valence-electron chi connectivity index (χ1n) is 10.7. The molecule has 0 fully saturated rings. The van der Waals surface area contributed by atoms with Crippen molar-refractivity contribution in [2.45, 2.75) is 26.2 Å². The summed E-state index contributed by atoms with van der Waals surface area (Å²) in [6, 6.07) is 12.9. The van der Waals surface area contributed by atoms with Crippen molar-refractivity contribution in [1.82, 2.24) is 9.88 Å². The highest BCUT2D eigenvalue weighted by atomic mass is 16.5. The van der Waals surface area contributed by atoms with Crippen molar-refractivity contribution in [3.05, 3.63) is 71.4 Å². The van der Waals surface area contributed by atoms with E-state index in [1.165, 1.54) is 0 Å². The van der Waals surface area contributed by atoms with Crippen LogP contribution in [-0.2, 0) is 12.8 Å². The Kier molecular flexibility index (Phi) is 8.14. The number of nitrogens with zero attached hydrogens (tertiary/aromatic N) is 2. The number of carbonyl (C=O) groups excluding carboxylic acids is 1. The lowest BCUT2D eigenvalue weighted by Gasteiger charge is -2.20. The van der Waals surface area contributed by atoms with Gasteiger partial charge in [0.2, 0.25) is 0 Å². The number of amides is 1. The Labute approximate surface area is 188 Å². The smallest absolute Gasteiger partial charge is 0.289 e. The predicted molar refractivity (Wildman–Crippen MR) is 122 cm³/mol. The van der Waals surface area contributed by atoms with Crippen LogP contribution in [0.3, 0.4) is 0 Å². The van der Waals surface area contributed by atoms with Crippen LogP contribution < -0.4 is 14.2 Å². The van der Waals surface area contributed by atoms with Crippen molar-refractivity contribution < 1.29 is 23.4 Å². The highest BCUT2D eigenvalue weighted by Gasteiger charge is 2.21. The number of hydrogen-bond donors (Lipinski definition) is 0. The second-order valence-corrected chi connectivity index (χ2v) is 7.32. The molecule has 0 aliphatic heterocycles. The third kappa shape index (κ3) is 5.60. The molecule has 1 aromatic carbocycles. The van der Waals surface area contributed by atoms with Gasteiger partial charge in [-0.05, 0) is 30.7 Å². The lowest BCUT2D eigenvalue weighted by molar-refractivity contribution is 0.0723. The zero-order chi connectivity index (χ0) is 22.9. The number of benzene rings is 1. The normalized spacial score (nSPS) is 10.6. The van der Waals surface area contributed by atoms with E-state index < -0.39 is 0 Å². The molecule has 0 saturated carbocycles. The number of hydrogen-bond acceptors (Lipinski definition) is 6. The minimum absolute atomic E-state index is 0.123. The number of ether oxygens (including phenoxy) is 3. The van der Waals surface area contributed by atoms with Crippen molar-refractivity contribution in [1.29, 1.82) is 0 Å². The van der Waals surface area contributed by atoms with Crippen molar-refractivity contribution in [3.63, 3.8) is 0 Å². The number of methoxy groups -OCH3 is 3. The van der Waals surface area contributed by atoms with Gasteiger partial charge < -0.3 is 23.5 Å². The fraction of sp³-hybridized carbons (Fsp3) is 0.360. The van der Waals surface area contributed by atoms with E-state index in [4.69, 9.17) is 18.6 Å². The summed E-state index contributed by atoms with van der Waals surface area (Å²) >= 11 is 0. The minimum atomic E-state index is -0.123. The van der Waals surface area contributed by atoms with E-state index in [-0.39, 0.29) is 5.91 Å². The Balaban J connectivity index is 1.76. The van der Waals surface area contributed by atoms with Crippen LogP contribution in [-0.4, -0.2) is 50.2 Å². The van der Waals surface area contributed by atoms with E-state index in [9.17, 15) is 4.79 Å². The average Bonchev–Trinajstić information content (AvgIpc) is 3.30. The van der Waals surface area contributed by atoms with Crippen molar-refractivity contribution in [2.24, 2.45) is 0 Å². The maximum atomic E-state index is 13.1. The van der Waals surface area contributed by atoms with Crippen LogP contribution in [0.5, 0.6) is 17.2 Å². The number of carbonyl (C=O) groups is 1. The van der Waals surface area contributed by atoms with Crippen LogP contribution in [0.4, 0.5) is 0 Å². The predicted octanol–water partition coefficient (Wildman–Crippen LogP) is 4.39. The summed E-state index contributed by atoms with van der Waals surface area (Å²) in [7, 11) is 4.78. The molecule has 0 spiro atoms. The van der Waals surface area contributed by atoms with Gasteiger partial charge in [-0.2, -0.15) is 0 Å². The van der Waals surface area contributed by atoms with Crippen LogP contribution in [0.2, 0.25) is 0 Å². The van der Waals surface area contributed by atoms with Gasteiger partial charge in [0.25, 0.3) is 5.91 Å². The Hall–Kier alpha value is -3.48. The second kappa shape index (κ2) is 11.2. The fourth-order valence-electron chi connectivity index (χ4n) is 3.55. The van der Waals surface area contributed by atoms with Gasteiger partial charge in [0, 0.05) is 55.5 Å². The first kappa shape index (κ1) is 23.2. The minimum Gasteiger partial charge on any atom is -0.496 e. The van der Waals surface area contributed by atoms with Crippen molar-refractivity contribution in [2.75, 3.05) is 34.4 Å². The highest BCUT2D eigenvalue weighted by Crippen LogP contribution is 2.35. The first-order chi connectivity index (χ1) is 15.6. The molecule has 3 rings (SSSR count). The molecule has 0 bridgehead atoms. The van der Waals surface area contributed by atoms with E-state index in [0.29, 0.717) is 54.7 Å². The summed E-state index contributed by atoms with van der Waals surface area (Å²) in [5.74, 6) is 2.75. The topological polar surface area (TPSA) is 74.0 Å². The zero-order valence-corrected chi connectivity index (χ0v) is 19.1. The quantitative estimate of drug-likeness (QED) is 0.442. The molecule has 0 radical (unpaired) electrons. The van der Waals surface area contributed by atoms with Gasteiger partial charge in [0.15, 0.2) is 5.76 Å². The van der Waals surface area contributed by atoms with Crippen LogP contribution in [0.15, 0.2) is 53.1 Å². The van der Waals surface area contributed by atoms with Crippen LogP contribution >= 0.6 is 0 Å². The van der Waals surface area contributed by atoms with Gasteiger partial charge in [-0.15, -0.1) is 0 Å². The first-order valence-corrected chi connectivity index (χ1v) is 10.7. The van der Waals surface area contributed by atoms with Gasteiger partial charge in [0.05, 0.1) is 21.3 Å². The molecular formula is C25H30N2O5. The maximum absolute atomic E-state index is 13.1. The van der Waals surface area contributed by atoms with Gasteiger partial charge in [-0.25, -0.2) is 0 Å². The van der Waals surface area contributed by atoms with Gasteiger partial charge in [-0.1, -0.05) is 13.0 Å². The standard InChI is InChI=1S/C25H30N2O5/c1-5-13-27(14-11-18-8-6-7-12-26-18)25(28)22-10-9-19(32-22)15-21-23(30-3)16-20(29-2)17-24(21)31-4/h6-10,12,16-17H,5,11,13-15H2,1-4H3. The highest BCUT2D eigenvalue weighted by molar-refractivity contribution is 5.91. The van der Waals surface area contributed by atoms with Crippen molar-refractivity contribution >= 4 is 5.91 Å². The summed E-state index contributed by atoms with van der Waals surface area (Å²) in [4.78, 5) is 19.3. The molecule has 0 saturated heterocycles. The Bertz CT molecular complexity index is 991. The summed E-state index contributed by atoms with van der Waals surface area (Å²) < 4.78 is 22.3. The molecular weight excluding hydrogens is 408 g/mol. The molecule has 3 aromatic rings. The Morgan fingerprint density at radius 2 is 1.75 bits per heavy atom. The lowest BCUT2D eigenvalue weighted by atomic mass is 10.1. The second-order valence-electron chi connectivity index (χ2n) is 7.32. The molecule has 0 unspecified atom stereocenters.